The summed E-state index contributed by atoms with van der Waals surface area (Å²) in [6.07, 6.45) is 1.90. The van der Waals surface area contributed by atoms with Gasteiger partial charge >= 0.3 is 0 Å². The van der Waals surface area contributed by atoms with Gasteiger partial charge in [-0.1, -0.05) is 0 Å². The number of carbonyl (C=O) groups is 1. The van der Waals surface area contributed by atoms with Crippen molar-refractivity contribution in [2.45, 2.75) is 24.5 Å². The second-order valence-electron chi connectivity index (χ2n) is 3.17. The number of thiol groups is 1. The van der Waals surface area contributed by atoms with Crippen molar-refractivity contribution in [2.75, 3.05) is 19.6 Å². The zero-order valence-electron chi connectivity index (χ0n) is 7.39. The van der Waals surface area contributed by atoms with Crippen LogP contribution in [0.25, 0.3) is 0 Å². The van der Waals surface area contributed by atoms with Crippen LogP contribution in [0.5, 0.6) is 0 Å². The van der Waals surface area contributed by atoms with Crippen molar-refractivity contribution in [3.05, 3.63) is 0 Å². The van der Waals surface area contributed by atoms with Gasteiger partial charge in [0.1, 0.15) is 4.75 Å². The van der Waals surface area contributed by atoms with E-state index < -0.39 is 4.75 Å². The number of hydrogen-bond donors (Lipinski definition) is 3. The fraction of sp³-hybridized carbons (Fsp3) is 0.875. The van der Waals surface area contributed by atoms with Crippen LogP contribution in [0.4, 0.5) is 0 Å². The highest BCUT2D eigenvalue weighted by Gasteiger charge is 2.35. The maximum absolute atomic E-state index is 11.5. The van der Waals surface area contributed by atoms with Gasteiger partial charge in [0.25, 0.3) is 0 Å². The largest absolute Gasteiger partial charge is 0.355 e. The van der Waals surface area contributed by atoms with E-state index in [0.29, 0.717) is 13.1 Å². The first kappa shape index (κ1) is 9.86. The number of hydrogen-bond acceptors (Lipinski definition) is 3. The van der Waals surface area contributed by atoms with E-state index in [1.54, 1.807) is 0 Å². The molecular formula is C8H16N2OS. The molecule has 1 atom stereocenters. The molecule has 1 unspecified atom stereocenters. The van der Waals surface area contributed by atoms with E-state index in [0.717, 1.165) is 19.4 Å². The summed E-state index contributed by atoms with van der Waals surface area (Å²) in [7, 11) is 0. The molecule has 0 bridgehead atoms. The SMILES string of the molecule is CCNC(=O)C1(S)CCCNC1. The molecule has 3 nitrogen and oxygen atoms in total. The topological polar surface area (TPSA) is 41.1 Å². The fourth-order valence-corrected chi connectivity index (χ4v) is 1.76. The minimum Gasteiger partial charge on any atom is -0.355 e. The quantitative estimate of drug-likeness (QED) is 0.541. The summed E-state index contributed by atoms with van der Waals surface area (Å²) in [4.78, 5) is 11.5. The molecule has 0 radical (unpaired) electrons. The van der Waals surface area contributed by atoms with Crippen molar-refractivity contribution in [1.29, 1.82) is 0 Å². The van der Waals surface area contributed by atoms with Crippen LogP contribution in [0.3, 0.4) is 0 Å². The Morgan fingerprint density at radius 3 is 3.00 bits per heavy atom. The van der Waals surface area contributed by atoms with Gasteiger partial charge in [0.05, 0.1) is 0 Å². The molecule has 1 aliphatic rings. The van der Waals surface area contributed by atoms with Crippen molar-refractivity contribution in [1.82, 2.24) is 10.6 Å². The minimum atomic E-state index is -0.478. The summed E-state index contributed by atoms with van der Waals surface area (Å²) < 4.78 is -0.478. The molecular weight excluding hydrogens is 172 g/mol. The average molecular weight is 188 g/mol. The zero-order valence-corrected chi connectivity index (χ0v) is 8.29. The van der Waals surface area contributed by atoms with Crippen molar-refractivity contribution in [2.24, 2.45) is 0 Å². The zero-order chi connectivity index (χ0) is 9.03. The van der Waals surface area contributed by atoms with Crippen LogP contribution in [0.2, 0.25) is 0 Å². The van der Waals surface area contributed by atoms with Crippen LogP contribution in [0, 0.1) is 0 Å². The summed E-state index contributed by atoms with van der Waals surface area (Å²) in [6, 6.07) is 0. The summed E-state index contributed by atoms with van der Waals surface area (Å²) in [5.41, 5.74) is 0. The predicted molar refractivity (Wildman–Crippen MR) is 52.5 cm³/mol. The Morgan fingerprint density at radius 1 is 1.75 bits per heavy atom. The molecule has 0 aromatic heterocycles. The van der Waals surface area contributed by atoms with Crippen LogP contribution < -0.4 is 10.6 Å². The Morgan fingerprint density at radius 2 is 2.50 bits per heavy atom. The summed E-state index contributed by atoms with van der Waals surface area (Å²) in [6.45, 7) is 4.29. The molecule has 1 amide bonds. The molecule has 0 saturated carbocycles. The van der Waals surface area contributed by atoms with Gasteiger partial charge in [0.2, 0.25) is 5.91 Å². The standard InChI is InChI=1S/C8H16N2OS/c1-2-10-7(11)8(12)4-3-5-9-6-8/h9,12H,2-6H2,1H3,(H,10,11). The normalized spacial score (nSPS) is 29.8. The first-order chi connectivity index (χ1) is 5.69. The lowest BCUT2D eigenvalue weighted by Crippen LogP contribution is -2.52. The molecule has 1 fully saturated rings. The summed E-state index contributed by atoms with van der Waals surface area (Å²) in [5.74, 6) is 0.0560. The third-order valence-corrected chi connectivity index (χ3v) is 2.71. The summed E-state index contributed by atoms with van der Waals surface area (Å²) >= 11 is 4.40. The summed E-state index contributed by atoms with van der Waals surface area (Å²) in [5, 5.41) is 5.98. The number of rotatable bonds is 2. The second kappa shape index (κ2) is 4.14. The van der Waals surface area contributed by atoms with Gasteiger partial charge in [-0.15, -0.1) is 0 Å². The van der Waals surface area contributed by atoms with E-state index in [1.807, 2.05) is 6.92 Å². The van der Waals surface area contributed by atoms with E-state index >= 15 is 0 Å². The van der Waals surface area contributed by atoms with Crippen LogP contribution in [-0.4, -0.2) is 30.3 Å². The molecule has 0 spiro atoms. The number of piperidine rings is 1. The van der Waals surface area contributed by atoms with Gasteiger partial charge in [-0.05, 0) is 26.3 Å². The maximum atomic E-state index is 11.5. The Kier molecular flexibility index (Phi) is 3.40. The molecule has 0 aromatic carbocycles. The van der Waals surface area contributed by atoms with Crippen molar-refractivity contribution in [3.63, 3.8) is 0 Å². The molecule has 0 aromatic rings. The monoisotopic (exact) mass is 188 g/mol. The third-order valence-electron chi connectivity index (χ3n) is 2.12. The van der Waals surface area contributed by atoms with Gasteiger partial charge in [-0.25, -0.2) is 0 Å². The van der Waals surface area contributed by atoms with Crippen LogP contribution in [-0.2, 0) is 4.79 Å². The lowest BCUT2D eigenvalue weighted by atomic mass is 9.97. The highest BCUT2D eigenvalue weighted by Crippen LogP contribution is 2.23. The van der Waals surface area contributed by atoms with E-state index in [4.69, 9.17) is 0 Å². The lowest BCUT2D eigenvalue weighted by molar-refractivity contribution is -0.123. The van der Waals surface area contributed by atoms with Crippen LogP contribution in [0.1, 0.15) is 19.8 Å². The molecule has 0 aliphatic carbocycles. The fourth-order valence-electron chi connectivity index (χ4n) is 1.41. The van der Waals surface area contributed by atoms with Crippen molar-refractivity contribution < 1.29 is 4.79 Å². The minimum absolute atomic E-state index is 0.0560. The van der Waals surface area contributed by atoms with E-state index in [-0.39, 0.29) is 5.91 Å². The second-order valence-corrected chi connectivity index (χ2v) is 4.03. The van der Waals surface area contributed by atoms with Crippen LogP contribution in [0.15, 0.2) is 0 Å². The Hall–Kier alpha value is -0.220. The molecule has 1 saturated heterocycles. The molecule has 1 aliphatic heterocycles. The van der Waals surface area contributed by atoms with Crippen LogP contribution >= 0.6 is 12.6 Å². The molecule has 4 heteroatoms. The van der Waals surface area contributed by atoms with Crippen molar-refractivity contribution in [3.8, 4) is 0 Å². The van der Waals surface area contributed by atoms with Crippen molar-refractivity contribution >= 4 is 18.5 Å². The molecule has 12 heavy (non-hydrogen) atoms. The van der Waals surface area contributed by atoms with E-state index in [9.17, 15) is 4.79 Å². The Balaban J connectivity index is 2.50. The Labute approximate surface area is 78.7 Å². The first-order valence-corrected chi connectivity index (χ1v) is 4.85. The molecule has 1 heterocycles. The highest BCUT2D eigenvalue weighted by molar-refractivity contribution is 7.82. The molecule has 2 N–H and O–H groups in total. The smallest absolute Gasteiger partial charge is 0.237 e. The van der Waals surface area contributed by atoms with Gasteiger partial charge in [0, 0.05) is 13.1 Å². The van der Waals surface area contributed by atoms with E-state index in [2.05, 4.69) is 23.3 Å². The van der Waals surface area contributed by atoms with E-state index in [1.165, 1.54) is 0 Å². The van der Waals surface area contributed by atoms with Gasteiger partial charge < -0.3 is 10.6 Å². The predicted octanol–water partition coefficient (Wildman–Crippen LogP) is 0.174. The third kappa shape index (κ3) is 2.14. The highest BCUT2D eigenvalue weighted by atomic mass is 32.1. The van der Waals surface area contributed by atoms with Gasteiger partial charge in [0.15, 0.2) is 0 Å². The van der Waals surface area contributed by atoms with Gasteiger partial charge in [-0.3, -0.25) is 4.79 Å². The van der Waals surface area contributed by atoms with Gasteiger partial charge in [-0.2, -0.15) is 12.6 Å². The number of nitrogens with one attached hydrogen (secondary N) is 2. The average Bonchev–Trinajstić information content (AvgIpc) is 2.06. The molecule has 1 rings (SSSR count). The number of carbonyl (C=O) groups excluding carboxylic acids is 1. The maximum Gasteiger partial charge on any atom is 0.237 e. The molecule has 70 valence electrons. The lowest BCUT2D eigenvalue weighted by Gasteiger charge is -2.31. The number of amides is 1. The Bertz CT molecular complexity index is 166. The first-order valence-electron chi connectivity index (χ1n) is 4.40.